The number of aromatic nitrogens is 1. The second-order valence-electron chi connectivity index (χ2n) is 4.76. The molecule has 1 aromatic carbocycles. The monoisotopic (exact) mass is 262 g/mol. The highest BCUT2D eigenvalue weighted by Crippen LogP contribution is 2.23. The second kappa shape index (κ2) is 6.30. The van der Waals surface area contributed by atoms with Crippen molar-refractivity contribution in [3.05, 3.63) is 30.5 Å². The van der Waals surface area contributed by atoms with Gasteiger partial charge in [0.1, 0.15) is 0 Å². The lowest BCUT2D eigenvalue weighted by molar-refractivity contribution is 0.555. The molecule has 0 bridgehead atoms. The molecule has 2 nitrogen and oxygen atoms in total. The van der Waals surface area contributed by atoms with Crippen LogP contribution in [-0.2, 0) is 7.05 Å². The molecule has 2 rings (SSSR count). The van der Waals surface area contributed by atoms with Crippen molar-refractivity contribution in [1.82, 2.24) is 9.29 Å². The van der Waals surface area contributed by atoms with E-state index in [4.69, 9.17) is 0 Å². The van der Waals surface area contributed by atoms with Crippen LogP contribution in [0.25, 0.3) is 10.9 Å². The molecule has 0 radical (unpaired) electrons. The van der Waals surface area contributed by atoms with E-state index in [1.54, 1.807) is 11.9 Å². The Labute approximate surface area is 114 Å². The first-order valence-corrected chi connectivity index (χ1v) is 7.53. The van der Waals surface area contributed by atoms with Crippen molar-refractivity contribution in [2.24, 2.45) is 7.05 Å². The molecule has 0 spiro atoms. The van der Waals surface area contributed by atoms with Crippen molar-refractivity contribution in [2.75, 3.05) is 0 Å². The maximum absolute atomic E-state index is 3.57. The third kappa shape index (κ3) is 3.09. The van der Waals surface area contributed by atoms with Crippen molar-refractivity contribution in [1.29, 1.82) is 0 Å². The first kappa shape index (κ1) is 13.5. The fourth-order valence-electron chi connectivity index (χ4n) is 2.17. The van der Waals surface area contributed by atoms with E-state index in [2.05, 4.69) is 60.6 Å². The smallest absolute Gasteiger partial charge is 0.0478 e. The summed E-state index contributed by atoms with van der Waals surface area (Å²) in [5.41, 5.74) is 1.29. The molecule has 18 heavy (non-hydrogen) atoms. The highest BCUT2D eigenvalue weighted by atomic mass is 32.2. The molecule has 0 saturated carbocycles. The Hall–Kier alpha value is -0.930. The lowest BCUT2D eigenvalue weighted by Crippen LogP contribution is -2.21. The van der Waals surface area contributed by atoms with Crippen LogP contribution in [-0.4, -0.2) is 10.6 Å². The minimum absolute atomic E-state index is 0.617. The van der Waals surface area contributed by atoms with E-state index in [0.29, 0.717) is 6.04 Å². The molecule has 1 N–H and O–H groups in total. The van der Waals surface area contributed by atoms with E-state index in [1.807, 2.05) is 0 Å². The average Bonchev–Trinajstić information content (AvgIpc) is 2.76. The zero-order valence-corrected chi connectivity index (χ0v) is 12.3. The van der Waals surface area contributed by atoms with Crippen molar-refractivity contribution in [3.8, 4) is 0 Å². The molecule has 1 atom stereocenters. The van der Waals surface area contributed by atoms with E-state index >= 15 is 0 Å². The first-order chi connectivity index (χ1) is 8.74. The zero-order chi connectivity index (χ0) is 13.0. The third-order valence-corrected chi connectivity index (χ3v) is 4.27. The number of hydrogen-bond acceptors (Lipinski definition) is 2. The molecule has 1 aromatic heterocycles. The molecule has 0 saturated heterocycles. The normalized spacial score (nSPS) is 13.1. The van der Waals surface area contributed by atoms with E-state index in [0.717, 1.165) is 0 Å². The summed E-state index contributed by atoms with van der Waals surface area (Å²) in [4.78, 5) is 1.29. The third-order valence-electron chi connectivity index (χ3n) is 3.33. The fourth-order valence-corrected chi connectivity index (χ4v) is 3.08. The Balaban J connectivity index is 2.03. The Morgan fingerprint density at radius 1 is 1.28 bits per heavy atom. The van der Waals surface area contributed by atoms with Crippen LogP contribution in [0.3, 0.4) is 0 Å². The Morgan fingerprint density at radius 3 is 2.83 bits per heavy atom. The van der Waals surface area contributed by atoms with Gasteiger partial charge < -0.3 is 4.57 Å². The minimum atomic E-state index is 0.617. The highest BCUT2D eigenvalue weighted by molar-refractivity contribution is 7.97. The Kier molecular flexibility index (Phi) is 4.72. The van der Waals surface area contributed by atoms with Gasteiger partial charge in [-0.2, -0.15) is 0 Å². The van der Waals surface area contributed by atoms with Crippen LogP contribution >= 0.6 is 11.9 Å². The van der Waals surface area contributed by atoms with Crippen LogP contribution in [0.5, 0.6) is 0 Å². The summed E-state index contributed by atoms with van der Waals surface area (Å²) >= 11 is 1.76. The van der Waals surface area contributed by atoms with E-state index < -0.39 is 0 Å². The second-order valence-corrected chi connectivity index (χ2v) is 5.67. The Bertz CT molecular complexity index is 504. The summed E-state index contributed by atoms with van der Waals surface area (Å²) in [7, 11) is 2.09. The molecular formula is C15H22N2S. The number of nitrogens with zero attached hydrogens (tertiary/aromatic N) is 1. The molecule has 1 unspecified atom stereocenters. The predicted octanol–water partition coefficient (Wildman–Crippen LogP) is 4.35. The standard InChI is InChI=1S/C15H22N2S/c1-4-6-13(5-2)16-18-14-7-8-15-12(11-14)9-10-17(15)3/h7-11,13,16H,4-6H2,1-3H3. The topological polar surface area (TPSA) is 17.0 Å². The maximum Gasteiger partial charge on any atom is 0.0478 e. The largest absolute Gasteiger partial charge is 0.351 e. The predicted molar refractivity (Wildman–Crippen MR) is 80.9 cm³/mol. The SMILES string of the molecule is CCCC(CC)NSc1ccc2c(ccn2C)c1. The molecule has 0 amide bonds. The van der Waals surface area contributed by atoms with Crippen LogP contribution in [0.1, 0.15) is 33.1 Å². The number of fused-ring (bicyclic) bond motifs is 1. The number of hydrogen-bond donors (Lipinski definition) is 1. The van der Waals surface area contributed by atoms with Crippen LogP contribution < -0.4 is 4.72 Å². The van der Waals surface area contributed by atoms with Crippen LogP contribution in [0, 0.1) is 0 Å². The van der Waals surface area contributed by atoms with Gasteiger partial charge in [-0.25, -0.2) is 0 Å². The molecule has 0 fully saturated rings. The molecule has 1 heterocycles. The van der Waals surface area contributed by atoms with Gasteiger partial charge in [0.05, 0.1) is 0 Å². The molecule has 0 aliphatic heterocycles. The van der Waals surface area contributed by atoms with Gasteiger partial charge in [-0.05, 0) is 49.1 Å². The quantitative estimate of drug-likeness (QED) is 0.779. The number of nitrogens with one attached hydrogen (secondary N) is 1. The van der Waals surface area contributed by atoms with E-state index in [-0.39, 0.29) is 0 Å². The summed E-state index contributed by atoms with van der Waals surface area (Å²) in [6, 6.07) is 9.43. The summed E-state index contributed by atoms with van der Waals surface area (Å²) < 4.78 is 5.72. The summed E-state index contributed by atoms with van der Waals surface area (Å²) in [6.07, 6.45) is 5.79. The Morgan fingerprint density at radius 2 is 2.11 bits per heavy atom. The van der Waals surface area contributed by atoms with Gasteiger partial charge in [0.2, 0.25) is 0 Å². The van der Waals surface area contributed by atoms with Crippen LogP contribution in [0.4, 0.5) is 0 Å². The molecule has 2 aromatic rings. The molecule has 0 aliphatic carbocycles. The molecular weight excluding hydrogens is 240 g/mol. The van der Waals surface area contributed by atoms with Gasteiger partial charge in [-0.1, -0.05) is 20.3 Å². The van der Waals surface area contributed by atoms with Crippen molar-refractivity contribution >= 4 is 22.9 Å². The van der Waals surface area contributed by atoms with Gasteiger partial charge in [0.25, 0.3) is 0 Å². The van der Waals surface area contributed by atoms with Crippen molar-refractivity contribution < 1.29 is 0 Å². The van der Waals surface area contributed by atoms with Gasteiger partial charge in [-0.3, -0.25) is 4.72 Å². The fraction of sp³-hybridized carbons (Fsp3) is 0.467. The lowest BCUT2D eigenvalue weighted by Gasteiger charge is -2.15. The number of benzene rings is 1. The first-order valence-electron chi connectivity index (χ1n) is 6.72. The van der Waals surface area contributed by atoms with E-state index in [1.165, 1.54) is 35.1 Å². The van der Waals surface area contributed by atoms with Crippen LogP contribution in [0.2, 0.25) is 0 Å². The van der Waals surface area contributed by atoms with Gasteiger partial charge in [0.15, 0.2) is 0 Å². The summed E-state index contributed by atoms with van der Waals surface area (Å²) in [5, 5.41) is 1.31. The number of rotatable bonds is 6. The summed E-state index contributed by atoms with van der Waals surface area (Å²) in [6.45, 7) is 4.49. The van der Waals surface area contributed by atoms with Crippen molar-refractivity contribution in [2.45, 2.75) is 44.0 Å². The zero-order valence-electron chi connectivity index (χ0n) is 11.4. The van der Waals surface area contributed by atoms with Gasteiger partial charge >= 0.3 is 0 Å². The highest BCUT2D eigenvalue weighted by Gasteiger charge is 2.05. The molecule has 0 aliphatic rings. The van der Waals surface area contributed by atoms with Gasteiger partial charge in [-0.15, -0.1) is 0 Å². The van der Waals surface area contributed by atoms with Gasteiger partial charge in [0, 0.05) is 35.1 Å². The average molecular weight is 262 g/mol. The lowest BCUT2D eigenvalue weighted by atomic mass is 10.1. The summed E-state index contributed by atoms with van der Waals surface area (Å²) in [5.74, 6) is 0. The molecule has 98 valence electrons. The maximum atomic E-state index is 3.57. The van der Waals surface area contributed by atoms with E-state index in [9.17, 15) is 0 Å². The minimum Gasteiger partial charge on any atom is -0.351 e. The van der Waals surface area contributed by atoms with Crippen LogP contribution in [0.15, 0.2) is 35.4 Å². The molecule has 3 heteroatoms. The van der Waals surface area contributed by atoms with Crippen molar-refractivity contribution in [3.63, 3.8) is 0 Å². The number of aryl methyl sites for hydroxylation is 1.